The van der Waals surface area contributed by atoms with Gasteiger partial charge in [-0.3, -0.25) is 9.59 Å². The summed E-state index contributed by atoms with van der Waals surface area (Å²) in [5.74, 6) is -3.84. The van der Waals surface area contributed by atoms with E-state index in [0.29, 0.717) is 0 Å². The Hall–Kier alpha value is -1.30. The highest BCUT2D eigenvalue weighted by molar-refractivity contribution is 5.83. The third kappa shape index (κ3) is 4.37. The second-order valence-electron chi connectivity index (χ2n) is 5.80. The van der Waals surface area contributed by atoms with Crippen LogP contribution in [0.5, 0.6) is 0 Å². The number of aliphatic hydroxyl groups excluding tert-OH is 4. The molecule has 1 fully saturated rings. The fraction of sp³-hybridized carbons (Fsp3) is 0.846. The number of nitrogens with zero attached hydrogens (tertiary/aromatic N) is 1. The molecule has 1 saturated heterocycles. The maximum Gasteiger partial charge on any atom is 0.282 e. The highest BCUT2D eigenvalue weighted by Gasteiger charge is 2.53. The van der Waals surface area contributed by atoms with Gasteiger partial charge in [-0.1, -0.05) is 0 Å². The van der Waals surface area contributed by atoms with Crippen LogP contribution >= 0.6 is 0 Å². The molecule has 10 nitrogen and oxygen atoms in total. The third-order valence-corrected chi connectivity index (χ3v) is 3.61. The van der Waals surface area contributed by atoms with Crippen molar-refractivity contribution in [1.29, 1.82) is 0 Å². The molecule has 0 aliphatic carbocycles. The number of hydrogen-bond acceptors (Lipinski definition) is 8. The predicted octanol–water partition coefficient (Wildman–Crippen LogP) is -3.87. The van der Waals surface area contributed by atoms with Crippen LogP contribution in [0.2, 0.25) is 0 Å². The van der Waals surface area contributed by atoms with Gasteiger partial charge in [-0.05, 0) is 0 Å². The van der Waals surface area contributed by atoms with Crippen LogP contribution in [-0.2, 0) is 14.3 Å². The van der Waals surface area contributed by atoms with Crippen LogP contribution < -0.4 is 5.32 Å². The van der Waals surface area contributed by atoms with Crippen LogP contribution in [0.15, 0.2) is 0 Å². The first-order chi connectivity index (χ1) is 10.5. The van der Waals surface area contributed by atoms with Crippen molar-refractivity contribution in [2.24, 2.45) is 0 Å². The molecule has 0 spiro atoms. The average Bonchev–Trinajstić information content (AvgIpc) is 2.46. The van der Waals surface area contributed by atoms with Gasteiger partial charge in [0.2, 0.25) is 11.7 Å². The first-order valence-electron chi connectivity index (χ1n) is 7.07. The topological polar surface area (TPSA) is 160 Å². The molecule has 0 aromatic rings. The van der Waals surface area contributed by atoms with E-state index in [4.69, 9.17) is 9.84 Å². The van der Waals surface area contributed by atoms with Gasteiger partial charge in [-0.15, -0.1) is 0 Å². The standard InChI is InChI=1S/C13H24N2O8/c1-6(17)14-9-7(18)4-13(22,12(21)15(2)3)23-11(9)10(20)8(19)5-16/h7-11,16,18-20,22H,4-5H2,1-3H3,(H,14,17)/t7-,8+,9+,10+,11+,13?/m0/s1. The van der Waals surface area contributed by atoms with Gasteiger partial charge in [-0.25, -0.2) is 0 Å². The second-order valence-corrected chi connectivity index (χ2v) is 5.80. The Morgan fingerprint density at radius 2 is 1.96 bits per heavy atom. The molecule has 0 radical (unpaired) electrons. The molecule has 0 bridgehead atoms. The Morgan fingerprint density at radius 3 is 2.39 bits per heavy atom. The monoisotopic (exact) mass is 336 g/mol. The van der Waals surface area contributed by atoms with Crippen molar-refractivity contribution in [3.8, 4) is 0 Å². The number of carbonyl (C=O) groups excluding carboxylic acids is 2. The number of nitrogens with one attached hydrogen (secondary N) is 1. The average molecular weight is 336 g/mol. The Labute approximate surface area is 133 Å². The molecule has 6 atom stereocenters. The SMILES string of the molecule is CC(=O)N[C@H]1[C@H]([C@H](O)[C@H](O)CO)OC(O)(C(=O)N(C)C)C[C@@H]1O. The van der Waals surface area contributed by atoms with Crippen molar-refractivity contribution in [1.82, 2.24) is 10.2 Å². The minimum absolute atomic E-state index is 0.534. The van der Waals surface area contributed by atoms with E-state index < -0.39 is 61.1 Å². The van der Waals surface area contributed by atoms with Gasteiger partial charge in [0.15, 0.2) is 0 Å². The molecule has 2 amide bonds. The quantitative estimate of drug-likeness (QED) is 0.297. The number of aliphatic hydroxyl groups is 5. The number of amides is 2. The van der Waals surface area contributed by atoms with E-state index in [-0.39, 0.29) is 0 Å². The summed E-state index contributed by atoms with van der Waals surface area (Å²) in [7, 11) is 2.73. The van der Waals surface area contributed by atoms with E-state index in [1.165, 1.54) is 21.0 Å². The minimum atomic E-state index is -2.43. The molecule has 0 saturated carbocycles. The van der Waals surface area contributed by atoms with Crippen molar-refractivity contribution < 1.29 is 39.9 Å². The van der Waals surface area contributed by atoms with Gasteiger partial charge in [0.1, 0.15) is 18.3 Å². The van der Waals surface area contributed by atoms with E-state index in [9.17, 15) is 30.0 Å². The molecule has 1 aliphatic heterocycles. The van der Waals surface area contributed by atoms with Crippen LogP contribution in [0.25, 0.3) is 0 Å². The Kier molecular flexibility index (Phi) is 6.45. The van der Waals surface area contributed by atoms with Crippen LogP contribution in [0.3, 0.4) is 0 Å². The Bertz CT molecular complexity index is 446. The lowest BCUT2D eigenvalue weighted by atomic mass is 9.88. The summed E-state index contributed by atoms with van der Waals surface area (Å²) in [6.07, 6.45) is -6.88. The van der Waals surface area contributed by atoms with Crippen molar-refractivity contribution in [3.05, 3.63) is 0 Å². The molecule has 0 aromatic heterocycles. The first kappa shape index (κ1) is 19.7. The lowest BCUT2D eigenvalue weighted by molar-refractivity contribution is -0.290. The molecule has 1 rings (SSSR count). The van der Waals surface area contributed by atoms with Crippen LogP contribution in [0, 0.1) is 0 Å². The van der Waals surface area contributed by atoms with E-state index in [0.717, 1.165) is 4.90 Å². The van der Waals surface area contributed by atoms with Gasteiger partial charge in [0, 0.05) is 27.4 Å². The summed E-state index contributed by atoms with van der Waals surface area (Å²) in [6, 6.07) is -1.18. The van der Waals surface area contributed by atoms with E-state index >= 15 is 0 Å². The number of hydrogen-bond donors (Lipinski definition) is 6. The largest absolute Gasteiger partial charge is 0.394 e. The first-order valence-corrected chi connectivity index (χ1v) is 7.07. The molecule has 134 valence electrons. The summed E-state index contributed by atoms with van der Waals surface area (Å²) in [4.78, 5) is 24.4. The highest BCUT2D eigenvalue weighted by Crippen LogP contribution is 2.31. The van der Waals surface area contributed by atoms with Crippen LogP contribution in [-0.4, -0.2) is 99.2 Å². The van der Waals surface area contributed by atoms with E-state index in [1.54, 1.807) is 0 Å². The number of ether oxygens (including phenoxy) is 1. The molecule has 1 unspecified atom stereocenters. The number of likely N-dealkylation sites (N-methyl/N-ethyl adjacent to an activating group) is 1. The Balaban J connectivity index is 3.13. The molecule has 1 heterocycles. The molecular weight excluding hydrogens is 312 g/mol. The molecule has 23 heavy (non-hydrogen) atoms. The summed E-state index contributed by atoms with van der Waals surface area (Å²) in [6.45, 7) is 0.356. The smallest absolute Gasteiger partial charge is 0.282 e. The molecule has 0 aromatic carbocycles. The number of carbonyl (C=O) groups is 2. The highest BCUT2D eigenvalue weighted by atomic mass is 16.6. The van der Waals surface area contributed by atoms with E-state index in [1.807, 2.05) is 0 Å². The van der Waals surface area contributed by atoms with Gasteiger partial charge in [0.25, 0.3) is 5.91 Å². The zero-order valence-electron chi connectivity index (χ0n) is 13.2. The normalized spacial score (nSPS) is 33.7. The van der Waals surface area contributed by atoms with Gasteiger partial charge in [0.05, 0.1) is 18.8 Å². The van der Waals surface area contributed by atoms with Crippen LogP contribution in [0.4, 0.5) is 0 Å². The zero-order chi connectivity index (χ0) is 17.9. The molecule has 10 heteroatoms. The van der Waals surface area contributed by atoms with Crippen molar-refractivity contribution in [3.63, 3.8) is 0 Å². The summed E-state index contributed by atoms with van der Waals surface area (Å²) in [5.41, 5.74) is 0. The lowest BCUT2D eigenvalue weighted by Gasteiger charge is -2.46. The minimum Gasteiger partial charge on any atom is -0.394 e. The molecule has 1 aliphatic rings. The van der Waals surface area contributed by atoms with Crippen molar-refractivity contribution >= 4 is 11.8 Å². The second kappa shape index (κ2) is 7.51. The number of rotatable bonds is 5. The van der Waals surface area contributed by atoms with Gasteiger partial charge >= 0.3 is 0 Å². The van der Waals surface area contributed by atoms with E-state index in [2.05, 4.69) is 5.32 Å². The fourth-order valence-electron chi connectivity index (χ4n) is 2.49. The van der Waals surface area contributed by atoms with Gasteiger partial charge in [-0.2, -0.15) is 0 Å². The maximum absolute atomic E-state index is 12.1. The van der Waals surface area contributed by atoms with Gasteiger partial charge < -0.3 is 40.5 Å². The predicted molar refractivity (Wildman–Crippen MR) is 75.8 cm³/mol. The van der Waals surface area contributed by atoms with Crippen LogP contribution in [0.1, 0.15) is 13.3 Å². The van der Waals surface area contributed by atoms with Crippen molar-refractivity contribution in [2.75, 3.05) is 20.7 Å². The fourth-order valence-corrected chi connectivity index (χ4v) is 2.49. The van der Waals surface area contributed by atoms with Crippen molar-refractivity contribution in [2.45, 2.75) is 49.6 Å². The lowest BCUT2D eigenvalue weighted by Crippen LogP contribution is -2.68. The molecule has 6 N–H and O–H groups in total. The third-order valence-electron chi connectivity index (χ3n) is 3.61. The summed E-state index contributed by atoms with van der Waals surface area (Å²) >= 11 is 0. The summed E-state index contributed by atoms with van der Waals surface area (Å²) in [5, 5.41) is 51.5. The maximum atomic E-state index is 12.1. The summed E-state index contributed by atoms with van der Waals surface area (Å²) < 4.78 is 5.23. The Morgan fingerprint density at radius 1 is 1.39 bits per heavy atom. The zero-order valence-corrected chi connectivity index (χ0v) is 13.2. The molecular formula is C13H24N2O8.